The minimum atomic E-state index is -0.0588. The molecule has 106 valence electrons. The average Bonchev–Trinajstić information content (AvgIpc) is 2.52. The summed E-state index contributed by atoms with van der Waals surface area (Å²) < 4.78 is 1.90. The van der Waals surface area contributed by atoms with Crippen molar-refractivity contribution in [1.82, 2.24) is 9.88 Å². The lowest BCUT2D eigenvalue weighted by molar-refractivity contribution is -0.121. The van der Waals surface area contributed by atoms with Gasteiger partial charge in [0.05, 0.1) is 11.0 Å². The number of benzene rings is 2. The Hall–Kier alpha value is -2.62. The van der Waals surface area contributed by atoms with Gasteiger partial charge in [-0.05, 0) is 31.2 Å². The van der Waals surface area contributed by atoms with Gasteiger partial charge in [-0.3, -0.25) is 9.59 Å². The summed E-state index contributed by atoms with van der Waals surface area (Å²) in [7, 11) is 0. The van der Waals surface area contributed by atoms with Crippen LogP contribution in [-0.2, 0) is 11.3 Å². The predicted octanol–water partition coefficient (Wildman–Crippen LogP) is 2.29. The molecule has 0 radical (unpaired) electrons. The quantitative estimate of drug-likeness (QED) is 0.748. The van der Waals surface area contributed by atoms with Crippen LogP contribution in [0.2, 0.25) is 0 Å². The molecule has 3 aromatic rings. The van der Waals surface area contributed by atoms with Crippen LogP contribution >= 0.6 is 0 Å². The molecule has 0 spiro atoms. The average molecular weight is 280 g/mol. The van der Waals surface area contributed by atoms with Gasteiger partial charge >= 0.3 is 0 Å². The van der Waals surface area contributed by atoms with Crippen molar-refractivity contribution in [3.05, 3.63) is 58.8 Å². The molecule has 0 saturated heterocycles. The Morgan fingerprint density at radius 3 is 2.05 bits per heavy atom. The molecule has 0 aliphatic carbocycles. The van der Waals surface area contributed by atoms with Crippen molar-refractivity contribution in [2.45, 2.75) is 13.5 Å². The SMILES string of the molecule is CCNC(=O)Cn1c2ccccc2c(=O)c2ccccc21. The number of aromatic nitrogens is 1. The normalized spacial score (nSPS) is 10.9. The number of nitrogens with one attached hydrogen (secondary N) is 1. The number of amides is 1. The van der Waals surface area contributed by atoms with Gasteiger partial charge < -0.3 is 9.88 Å². The van der Waals surface area contributed by atoms with Crippen molar-refractivity contribution in [2.24, 2.45) is 0 Å². The van der Waals surface area contributed by atoms with E-state index in [0.717, 1.165) is 11.0 Å². The number of rotatable bonds is 3. The van der Waals surface area contributed by atoms with Crippen LogP contribution in [0.5, 0.6) is 0 Å². The zero-order chi connectivity index (χ0) is 14.8. The van der Waals surface area contributed by atoms with E-state index >= 15 is 0 Å². The largest absolute Gasteiger partial charge is 0.355 e. The number of carbonyl (C=O) groups excluding carboxylic acids is 1. The molecule has 3 rings (SSSR count). The number of para-hydroxylation sites is 2. The van der Waals surface area contributed by atoms with Crippen molar-refractivity contribution in [2.75, 3.05) is 6.54 Å². The van der Waals surface area contributed by atoms with Crippen LogP contribution in [0.4, 0.5) is 0 Å². The highest BCUT2D eigenvalue weighted by Crippen LogP contribution is 2.18. The van der Waals surface area contributed by atoms with Crippen LogP contribution in [0.3, 0.4) is 0 Å². The topological polar surface area (TPSA) is 51.1 Å². The van der Waals surface area contributed by atoms with E-state index in [1.54, 1.807) is 12.1 Å². The van der Waals surface area contributed by atoms with E-state index < -0.39 is 0 Å². The summed E-state index contributed by atoms with van der Waals surface area (Å²) >= 11 is 0. The second-order valence-electron chi connectivity index (χ2n) is 4.90. The van der Waals surface area contributed by atoms with Crippen LogP contribution in [0.25, 0.3) is 21.8 Å². The molecule has 21 heavy (non-hydrogen) atoms. The zero-order valence-electron chi connectivity index (χ0n) is 11.8. The molecule has 0 fully saturated rings. The van der Waals surface area contributed by atoms with E-state index in [2.05, 4.69) is 5.32 Å². The van der Waals surface area contributed by atoms with E-state index in [-0.39, 0.29) is 17.9 Å². The highest BCUT2D eigenvalue weighted by atomic mass is 16.2. The third kappa shape index (κ3) is 2.29. The maximum Gasteiger partial charge on any atom is 0.239 e. The van der Waals surface area contributed by atoms with Crippen LogP contribution in [0.1, 0.15) is 6.92 Å². The number of hydrogen-bond donors (Lipinski definition) is 1. The fraction of sp³-hybridized carbons (Fsp3) is 0.176. The molecule has 1 amide bonds. The van der Waals surface area contributed by atoms with Gasteiger partial charge in [0.15, 0.2) is 5.43 Å². The molecular weight excluding hydrogens is 264 g/mol. The number of likely N-dealkylation sites (N-methyl/N-ethyl adjacent to an activating group) is 1. The molecule has 4 heteroatoms. The Bertz CT molecular complexity index is 821. The number of hydrogen-bond acceptors (Lipinski definition) is 2. The lowest BCUT2D eigenvalue weighted by Gasteiger charge is -2.14. The molecule has 0 unspecified atom stereocenters. The Morgan fingerprint density at radius 1 is 1.00 bits per heavy atom. The number of pyridine rings is 1. The molecule has 0 saturated carbocycles. The number of nitrogens with zero attached hydrogens (tertiary/aromatic N) is 1. The van der Waals surface area contributed by atoms with E-state index in [4.69, 9.17) is 0 Å². The lowest BCUT2D eigenvalue weighted by Crippen LogP contribution is -2.28. The minimum Gasteiger partial charge on any atom is -0.355 e. The number of fused-ring (bicyclic) bond motifs is 2. The van der Waals surface area contributed by atoms with E-state index in [1.165, 1.54) is 0 Å². The standard InChI is InChI=1S/C17H16N2O2/c1-2-18-16(20)11-19-14-9-5-3-7-12(14)17(21)13-8-4-6-10-15(13)19/h3-10H,2,11H2,1H3,(H,18,20). The van der Waals surface area contributed by atoms with Gasteiger partial charge in [0.1, 0.15) is 6.54 Å². The first kappa shape index (κ1) is 13.4. The van der Waals surface area contributed by atoms with Gasteiger partial charge in [-0.1, -0.05) is 24.3 Å². The first-order valence-electron chi connectivity index (χ1n) is 6.99. The summed E-state index contributed by atoms with van der Waals surface area (Å²) in [5, 5.41) is 4.08. The summed E-state index contributed by atoms with van der Waals surface area (Å²) in [6, 6.07) is 14.8. The zero-order valence-corrected chi connectivity index (χ0v) is 11.8. The second kappa shape index (κ2) is 5.40. The molecule has 0 atom stereocenters. The van der Waals surface area contributed by atoms with Gasteiger partial charge in [-0.25, -0.2) is 0 Å². The maximum atomic E-state index is 12.5. The monoisotopic (exact) mass is 280 g/mol. The minimum absolute atomic E-state index is 0.00773. The third-order valence-corrected chi connectivity index (χ3v) is 3.55. The fourth-order valence-electron chi connectivity index (χ4n) is 2.64. The Labute approximate surface area is 122 Å². The summed E-state index contributed by atoms with van der Waals surface area (Å²) in [6.45, 7) is 2.68. The third-order valence-electron chi connectivity index (χ3n) is 3.55. The number of carbonyl (C=O) groups is 1. The van der Waals surface area contributed by atoms with Crippen molar-refractivity contribution >= 4 is 27.7 Å². The van der Waals surface area contributed by atoms with Crippen LogP contribution in [-0.4, -0.2) is 17.0 Å². The molecule has 0 bridgehead atoms. The first-order valence-corrected chi connectivity index (χ1v) is 6.99. The van der Waals surface area contributed by atoms with Crippen LogP contribution < -0.4 is 10.7 Å². The molecule has 0 aliphatic heterocycles. The molecule has 1 N–H and O–H groups in total. The van der Waals surface area contributed by atoms with E-state index in [9.17, 15) is 9.59 Å². The summed E-state index contributed by atoms with van der Waals surface area (Å²) in [5.74, 6) is -0.0588. The summed E-state index contributed by atoms with van der Waals surface area (Å²) in [6.07, 6.45) is 0. The molecular formula is C17H16N2O2. The lowest BCUT2D eigenvalue weighted by atomic mass is 10.1. The summed E-state index contributed by atoms with van der Waals surface area (Å²) in [5.41, 5.74) is 1.58. The highest BCUT2D eigenvalue weighted by molar-refractivity contribution is 5.94. The predicted molar refractivity (Wildman–Crippen MR) is 84.4 cm³/mol. The van der Waals surface area contributed by atoms with Gasteiger partial charge in [0, 0.05) is 17.3 Å². The second-order valence-corrected chi connectivity index (χ2v) is 4.90. The molecule has 4 nitrogen and oxygen atoms in total. The smallest absolute Gasteiger partial charge is 0.239 e. The van der Waals surface area contributed by atoms with Gasteiger partial charge in [0.25, 0.3) is 0 Å². The van der Waals surface area contributed by atoms with Gasteiger partial charge in [-0.15, -0.1) is 0 Å². The first-order chi connectivity index (χ1) is 10.2. The fourth-order valence-corrected chi connectivity index (χ4v) is 2.64. The highest BCUT2D eigenvalue weighted by Gasteiger charge is 2.12. The Kier molecular flexibility index (Phi) is 3.44. The molecule has 2 aromatic carbocycles. The van der Waals surface area contributed by atoms with Gasteiger partial charge in [-0.2, -0.15) is 0 Å². The van der Waals surface area contributed by atoms with Crippen molar-refractivity contribution in [3.63, 3.8) is 0 Å². The van der Waals surface area contributed by atoms with E-state index in [0.29, 0.717) is 17.3 Å². The molecule has 1 aromatic heterocycles. The Morgan fingerprint density at radius 2 is 1.52 bits per heavy atom. The molecule has 0 aliphatic rings. The van der Waals surface area contributed by atoms with Crippen LogP contribution in [0.15, 0.2) is 53.3 Å². The van der Waals surface area contributed by atoms with Crippen molar-refractivity contribution in [1.29, 1.82) is 0 Å². The van der Waals surface area contributed by atoms with Crippen LogP contribution in [0, 0.1) is 0 Å². The van der Waals surface area contributed by atoms with Crippen molar-refractivity contribution in [3.8, 4) is 0 Å². The van der Waals surface area contributed by atoms with E-state index in [1.807, 2.05) is 47.9 Å². The molecule has 1 heterocycles. The Balaban J connectivity index is 2.35. The maximum absolute atomic E-state index is 12.5. The van der Waals surface area contributed by atoms with Gasteiger partial charge in [0.2, 0.25) is 5.91 Å². The summed E-state index contributed by atoms with van der Waals surface area (Å²) in [4.78, 5) is 24.5. The van der Waals surface area contributed by atoms with Crippen molar-refractivity contribution < 1.29 is 4.79 Å².